The molecule has 5 nitrogen and oxygen atoms in total. The van der Waals surface area contributed by atoms with Gasteiger partial charge in [-0.15, -0.1) is 0 Å². The van der Waals surface area contributed by atoms with Gasteiger partial charge in [0.15, 0.2) is 11.5 Å². The molecule has 0 aromatic heterocycles. The topological polar surface area (TPSA) is 59.0 Å². The van der Waals surface area contributed by atoms with Crippen LogP contribution in [0.2, 0.25) is 0 Å². The molecular formula is C19H21NO4. The summed E-state index contributed by atoms with van der Waals surface area (Å²) >= 11 is 0. The number of rotatable bonds is 6. The maximum absolute atomic E-state index is 11.0. The summed E-state index contributed by atoms with van der Waals surface area (Å²) < 4.78 is 11.2. The Kier molecular flexibility index (Phi) is 5.01. The molecule has 24 heavy (non-hydrogen) atoms. The third-order valence-corrected chi connectivity index (χ3v) is 3.96. The fourth-order valence-electron chi connectivity index (χ4n) is 2.89. The summed E-state index contributed by atoms with van der Waals surface area (Å²) in [5.74, 6) is 0.773. The van der Waals surface area contributed by atoms with Crippen LogP contribution in [-0.2, 0) is 24.3 Å². The smallest absolute Gasteiger partial charge is 0.307 e. The zero-order valence-electron chi connectivity index (χ0n) is 13.7. The molecule has 0 aliphatic carbocycles. The molecule has 1 N–H and O–H groups in total. The molecule has 0 amide bonds. The molecule has 0 unspecified atom stereocenters. The zero-order valence-corrected chi connectivity index (χ0v) is 13.7. The van der Waals surface area contributed by atoms with E-state index >= 15 is 0 Å². The predicted octanol–water partition coefficient (Wildman–Crippen LogP) is 2.72. The van der Waals surface area contributed by atoms with Gasteiger partial charge in [0.2, 0.25) is 0 Å². The molecule has 0 saturated carbocycles. The van der Waals surface area contributed by atoms with Crippen LogP contribution < -0.4 is 9.47 Å². The van der Waals surface area contributed by atoms with Crippen LogP contribution >= 0.6 is 0 Å². The van der Waals surface area contributed by atoms with Gasteiger partial charge in [0.05, 0.1) is 6.42 Å². The number of carbonyl (C=O) groups is 1. The molecule has 126 valence electrons. The van der Waals surface area contributed by atoms with Gasteiger partial charge >= 0.3 is 5.97 Å². The van der Waals surface area contributed by atoms with Crippen LogP contribution in [0.3, 0.4) is 0 Å². The van der Waals surface area contributed by atoms with Crippen LogP contribution in [0.15, 0.2) is 42.5 Å². The summed E-state index contributed by atoms with van der Waals surface area (Å²) in [7, 11) is 2.02. The molecular weight excluding hydrogens is 306 g/mol. The van der Waals surface area contributed by atoms with Crippen molar-refractivity contribution in [2.24, 2.45) is 0 Å². The minimum atomic E-state index is -0.808. The first-order valence-electron chi connectivity index (χ1n) is 7.97. The van der Waals surface area contributed by atoms with Gasteiger partial charge in [0, 0.05) is 13.1 Å². The van der Waals surface area contributed by atoms with Crippen LogP contribution in [0.1, 0.15) is 16.7 Å². The highest BCUT2D eigenvalue weighted by atomic mass is 16.6. The van der Waals surface area contributed by atoms with E-state index in [1.165, 1.54) is 0 Å². The summed E-state index contributed by atoms with van der Waals surface area (Å²) in [5, 5.41) is 9.03. The van der Waals surface area contributed by atoms with Crippen LogP contribution in [0.25, 0.3) is 0 Å². The van der Waals surface area contributed by atoms with E-state index in [0.29, 0.717) is 19.8 Å². The Morgan fingerprint density at radius 1 is 1.04 bits per heavy atom. The molecule has 0 atom stereocenters. The molecule has 1 heterocycles. The summed E-state index contributed by atoms with van der Waals surface area (Å²) in [6.45, 7) is 2.61. The monoisotopic (exact) mass is 327 g/mol. The Morgan fingerprint density at radius 3 is 2.50 bits per heavy atom. The van der Waals surface area contributed by atoms with Crippen molar-refractivity contribution in [3.05, 3.63) is 59.2 Å². The molecule has 0 bridgehead atoms. The number of aliphatic carboxylic acids is 1. The van der Waals surface area contributed by atoms with Gasteiger partial charge < -0.3 is 14.6 Å². The van der Waals surface area contributed by atoms with Crippen LogP contribution in [0.5, 0.6) is 11.5 Å². The normalized spacial score (nSPS) is 13.1. The number of nitrogens with zero attached hydrogens (tertiary/aromatic N) is 1. The van der Waals surface area contributed by atoms with Gasteiger partial charge in [-0.25, -0.2) is 0 Å². The quantitative estimate of drug-likeness (QED) is 0.884. The highest BCUT2D eigenvalue weighted by Crippen LogP contribution is 2.31. The van der Waals surface area contributed by atoms with E-state index in [0.717, 1.165) is 34.7 Å². The van der Waals surface area contributed by atoms with Gasteiger partial charge in [-0.05, 0) is 35.9 Å². The van der Waals surface area contributed by atoms with Crippen molar-refractivity contribution in [2.75, 3.05) is 20.3 Å². The van der Waals surface area contributed by atoms with Gasteiger partial charge in [0.25, 0.3) is 0 Å². The first-order chi connectivity index (χ1) is 11.6. The van der Waals surface area contributed by atoms with E-state index in [1.54, 1.807) is 0 Å². The van der Waals surface area contributed by atoms with Crippen LogP contribution in [0.4, 0.5) is 0 Å². The van der Waals surface area contributed by atoms with E-state index < -0.39 is 5.97 Å². The maximum atomic E-state index is 11.0. The summed E-state index contributed by atoms with van der Waals surface area (Å²) in [6.07, 6.45) is 0.0496. The Labute approximate surface area is 141 Å². The van der Waals surface area contributed by atoms with E-state index in [-0.39, 0.29) is 6.42 Å². The van der Waals surface area contributed by atoms with Crippen molar-refractivity contribution in [3.63, 3.8) is 0 Å². The average molecular weight is 327 g/mol. The van der Waals surface area contributed by atoms with Crippen LogP contribution in [-0.4, -0.2) is 36.2 Å². The molecule has 1 aliphatic rings. The largest absolute Gasteiger partial charge is 0.486 e. The molecule has 0 radical (unpaired) electrons. The second-order valence-corrected chi connectivity index (χ2v) is 5.99. The fraction of sp³-hybridized carbons (Fsp3) is 0.316. The van der Waals surface area contributed by atoms with Crippen molar-refractivity contribution < 1.29 is 19.4 Å². The fourth-order valence-corrected chi connectivity index (χ4v) is 2.89. The highest BCUT2D eigenvalue weighted by molar-refractivity contribution is 5.70. The van der Waals surface area contributed by atoms with Crippen molar-refractivity contribution in [1.29, 1.82) is 0 Å². The van der Waals surface area contributed by atoms with Gasteiger partial charge in [-0.3, -0.25) is 9.69 Å². The Morgan fingerprint density at radius 2 is 1.75 bits per heavy atom. The maximum Gasteiger partial charge on any atom is 0.307 e. The standard InChI is InChI=1S/C19H21NO4/c1-20(13-16-5-3-2-4-15(16)11-19(21)22)12-14-6-7-17-18(10-14)24-9-8-23-17/h2-7,10H,8-9,11-13H2,1H3,(H,21,22). The summed E-state index contributed by atoms with van der Waals surface area (Å²) in [5.41, 5.74) is 3.04. The molecule has 0 fully saturated rings. The van der Waals surface area contributed by atoms with Crippen molar-refractivity contribution >= 4 is 5.97 Å². The third-order valence-electron chi connectivity index (χ3n) is 3.96. The molecule has 2 aromatic carbocycles. The summed E-state index contributed by atoms with van der Waals surface area (Å²) in [6, 6.07) is 13.7. The number of fused-ring (bicyclic) bond motifs is 1. The molecule has 5 heteroatoms. The van der Waals surface area contributed by atoms with Crippen molar-refractivity contribution in [3.8, 4) is 11.5 Å². The highest BCUT2D eigenvalue weighted by Gasteiger charge is 2.13. The number of carboxylic acids is 1. The van der Waals surface area contributed by atoms with E-state index in [1.807, 2.05) is 49.5 Å². The number of ether oxygens (including phenoxy) is 2. The number of hydrogen-bond donors (Lipinski definition) is 1. The lowest BCUT2D eigenvalue weighted by molar-refractivity contribution is -0.136. The Balaban J connectivity index is 1.68. The lowest BCUT2D eigenvalue weighted by atomic mass is 10.0. The van der Waals surface area contributed by atoms with Crippen molar-refractivity contribution in [2.45, 2.75) is 19.5 Å². The van der Waals surface area contributed by atoms with Gasteiger partial charge in [-0.2, -0.15) is 0 Å². The minimum absolute atomic E-state index is 0.0496. The predicted molar refractivity (Wildman–Crippen MR) is 90.4 cm³/mol. The number of carboxylic acid groups (broad SMARTS) is 1. The van der Waals surface area contributed by atoms with E-state index in [9.17, 15) is 4.79 Å². The first-order valence-corrected chi connectivity index (χ1v) is 7.97. The molecule has 0 saturated heterocycles. The minimum Gasteiger partial charge on any atom is -0.486 e. The molecule has 1 aliphatic heterocycles. The lowest BCUT2D eigenvalue weighted by Crippen LogP contribution is -2.19. The molecule has 2 aromatic rings. The number of hydrogen-bond acceptors (Lipinski definition) is 4. The SMILES string of the molecule is CN(Cc1ccc2c(c1)OCCO2)Cc1ccccc1CC(=O)O. The Hall–Kier alpha value is -2.53. The lowest BCUT2D eigenvalue weighted by Gasteiger charge is -2.21. The second-order valence-electron chi connectivity index (χ2n) is 5.99. The number of benzene rings is 2. The van der Waals surface area contributed by atoms with Gasteiger partial charge in [0.1, 0.15) is 13.2 Å². The Bertz CT molecular complexity index is 729. The van der Waals surface area contributed by atoms with Crippen LogP contribution in [0, 0.1) is 0 Å². The van der Waals surface area contributed by atoms with E-state index in [2.05, 4.69) is 4.90 Å². The average Bonchev–Trinajstić information content (AvgIpc) is 2.56. The first kappa shape index (κ1) is 16.3. The zero-order chi connectivity index (χ0) is 16.9. The second kappa shape index (κ2) is 7.36. The summed E-state index contributed by atoms with van der Waals surface area (Å²) in [4.78, 5) is 13.2. The van der Waals surface area contributed by atoms with Crippen molar-refractivity contribution in [1.82, 2.24) is 4.90 Å². The van der Waals surface area contributed by atoms with E-state index in [4.69, 9.17) is 14.6 Å². The molecule has 3 rings (SSSR count). The van der Waals surface area contributed by atoms with Gasteiger partial charge in [-0.1, -0.05) is 30.3 Å². The third kappa shape index (κ3) is 4.06. The molecule has 0 spiro atoms.